The topological polar surface area (TPSA) is 47.3 Å². The Hall–Kier alpha value is -2.11. The third kappa shape index (κ3) is 2.70. The molecule has 3 rings (SSSR count). The summed E-state index contributed by atoms with van der Waals surface area (Å²) < 4.78 is 20.7. The molecular weight excluding hydrogens is 295 g/mol. The number of ether oxygens (including phenoxy) is 1. The summed E-state index contributed by atoms with van der Waals surface area (Å²) in [7, 11) is 1.81. The van der Waals surface area contributed by atoms with Gasteiger partial charge in [-0.05, 0) is 24.3 Å². The van der Waals surface area contributed by atoms with E-state index in [1.165, 1.54) is 18.2 Å². The molecule has 0 unspecified atom stereocenters. The Kier molecular flexibility index (Phi) is 3.53. The molecule has 0 amide bonds. The average Bonchev–Trinajstić information content (AvgIpc) is 2.74. The lowest BCUT2D eigenvalue weighted by molar-refractivity contribution is 0.268. The van der Waals surface area contributed by atoms with Gasteiger partial charge in [0.1, 0.15) is 29.7 Å². The van der Waals surface area contributed by atoms with Gasteiger partial charge in [-0.25, -0.2) is 9.37 Å². The van der Waals surface area contributed by atoms with Gasteiger partial charge in [-0.1, -0.05) is 11.6 Å². The highest BCUT2D eigenvalue weighted by Gasteiger charge is 2.09. The minimum Gasteiger partial charge on any atom is -0.457 e. The zero-order valence-electron chi connectivity index (χ0n) is 11.2. The molecule has 1 aromatic heterocycles. The first-order chi connectivity index (χ1) is 10.1. The number of aliphatic hydroxyl groups is 1. The molecule has 0 spiro atoms. The molecule has 1 heterocycles. The molecule has 0 saturated heterocycles. The smallest absolute Gasteiger partial charge is 0.135 e. The molecular formula is C15H12ClFN2O2. The van der Waals surface area contributed by atoms with Crippen molar-refractivity contribution >= 4 is 22.6 Å². The molecule has 0 radical (unpaired) electrons. The minimum atomic E-state index is -0.457. The van der Waals surface area contributed by atoms with Gasteiger partial charge in [0.15, 0.2) is 0 Å². The van der Waals surface area contributed by atoms with Gasteiger partial charge in [-0.3, -0.25) is 0 Å². The maximum Gasteiger partial charge on any atom is 0.135 e. The summed E-state index contributed by atoms with van der Waals surface area (Å²) in [6.07, 6.45) is 0. The first kappa shape index (κ1) is 13.9. The van der Waals surface area contributed by atoms with Crippen molar-refractivity contribution < 1.29 is 14.2 Å². The number of imidazole rings is 1. The normalized spacial score (nSPS) is 11.0. The van der Waals surface area contributed by atoms with E-state index in [2.05, 4.69) is 4.98 Å². The molecule has 0 aliphatic heterocycles. The molecule has 0 aliphatic carbocycles. The number of aryl methyl sites for hydroxylation is 1. The van der Waals surface area contributed by atoms with Crippen LogP contribution in [0.2, 0.25) is 5.02 Å². The summed E-state index contributed by atoms with van der Waals surface area (Å²) in [5.74, 6) is 0.971. The standard InChI is InChI=1S/C15H12ClFN2O2/c1-19-14-7-11(2-3-13(14)18-15(19)8-20)21-12-5-9(16)4-10(17)6-12/h2-7,20H,8H2,1H3. The van der Waals surface area contributed by atoms with E-state index in [1.54, 1.807) is 22.8 Å². The number of nitrogens with zero attached hydrogens (tertiary/aromatic N) is 2. The van der Waals surface area contributed by atoms with Crippen molar-refractivity contribution in [2.45, 2.75) is 6.61 Å². The lowest BCUT2D eigenvalue weighted by atomic mass is 10.3. The van der Waals surface area contributed by atoms with E-state index in [4.69, 9.17) is 16.3 Å². The van der Waals surface area contributed by atoms with E-state index < -0.39 is 5.82 Å². The Morgan fingerprint density at radius 2 is 2.05 bits per heavy atom. The van der Waals surface area contributed by atoms with Crippen LogP contribution in [-0.2, 0) is 13.7 Å². The second-order valence-corrected chi connectivity index (χ2v) is 5.04. The van der Waals surface area contributed by atoms with Crippen LogP contribution in [0.5, 0.6) is 11.5 Å². The Balaban J connectivity index is 1.99. The largest absolute Gasteiger partial charge is 0.457 e. The van der Waals surface area contributed by atoms with Gasteiger partial charge in [-0.15, -0.1) is 0 Å². The molecule has 0 bridgehead atoms. The number of hydrogen-bond donors (Lipinski definition) is 1. The predicted molar refractivity (Wildman–Crippen MR) is 78.1 cm³/mol. The summed E-state index contributed by atoms with van der Waals surface area (Å²) in [4.78, 5) is 4.28. The number of aliphatic hydroxyl groups excluding tert-OH is 1. The Morgan fingerprint density at radius 1 is 1.24 bits per heavy atom. The summed E-state index contributed by atoms with van der Waals surface area (Å²) in [6, 6.07) is 9.31. The van der Waals surface area contributed by atoms with Crippen LogP contribution in [-0.4, -0.2) is 14.7 Å². The summed E-state index contributed by atoms with van der Waals surface area (Å²) >= 11 is 5.80. The van der Waals surface area contributed by atoms with Gasteiger partial charge in [-0.2, -0.15) is 0 Å². The van der Waals surface area contributed by atoms with E-state index in [0.29, 0.717) is 17.3 Å². The molecule has 0 fully saturated rings. The van der Waals surface area contributed by atoms with Crippen LogP contribution in [0.3, 0.4) is 0 Å². The molecule has 21 heavy (non-hydrogen) atoms. The van der Waals surface area contributed by atoms with Crippen molar-refractivity contribution in [3.05, 3.63) is 53.1 Å². The monoisotopic (exact) mass is 306 g/mol. The molecule has 0 saturated carbocycles. The number of hydrogen-bond acceptors (Lipinski definition) is 3. The van der Waals surface area contributed by atoms with E-state index >= 15 is 0 Å². The molecule has 3 aromatic rings. The quantitative estimate of drug-likeness (QED) is 0.803. The van der Waals surface area contributed by atoms with E-state index in [1.807, 2.05) is 7.05 Å². The Labute approximate surface area is 125 Å². The highest BCUT2D eigenvalue weighted by molar-refractivity contribution is 6.30. The van der Waals surface area contributed by atoms with Gasteiger partial charge < -0.3 is 14.4 Å². The van der Waals surface area contributed by atoms with Crippen LogP contribution in [0.25, 0.3) is 11.0 Å². The second-order valence-electron chi connectivity index (χ2n) is 4.60. The molecule has 4 nitrogen and oxygen atoms in total. The number of halogens is 2. The SMILES string of the molecule is Cn1c(CO)nc2ccc(Oc3cc(F)cc(Cl)c3)cc21. The summed E-state index contributed by atoms with van der Waals surface area (Å²) in [5, 5.41) is 9.49. The third-order valence-corrected chi connectivity index (χ3v) is 3.38. The Morgan fingerprint density at radius 3 is 2.76 bits per heavy atom. The van der Waals surface area contributed by atoms with Crippen molar-refractivity contribution in [2.75, 3.05) is 0 Å². The highest BCUT2D eigenvalue weighted by Crippen LogP contribution is 2.28. The Bertz CT molecular complexity index is 797. The first-order valence-electron chi connectivity index (χ1n) is 6.27. The van der Waals surface area contributed by atoms with E-state index in [-0.39, 0.29) is 11.6 Å². The highest BCUT2D eigenvalue weighted by atomic mass is 35.5. The number of benzene rings is 2. The number of aromatic nitrogens is 2. The van der Waals surface area contributed by atoms with Gasteiger partial charge in [0.25, 0.3) is 0 Å². The fourth-order valence-corrected chi connectivity index (χ4v) is 2.36. The molecule has 0 atom stereocenters. The van der Waals surface area contributed by atoms with Crippen molar-refractivity contribution in [1.29, 1.82) is 0 Å². The van der Waals surface area contributed by atoms with Gasteiger partial charge >= 0.3 is 0 Å². The van der Waals surface area contributed by atoms with E-state index in [9.17, 15) is 9.50 Å². The zero-order chi connectivity index (χ0) is 15.0. The molecule has 1 N–H and O–H groups in total. The first-order valence-corrected chi connectivity index (χ1v) is 6.65. The fourth-order valence-electron chi connectivity index (χ4n) is 2.15. The lowest BCUT2D eigenvalue weighted by Crippen LogP contribution is -1.96. The van der Waals surface area contributed by atoms with Crippen LogP contribution < -0.4 is 4.74 Å². The van der Waals surface area contributed by atoms with Crippen LogP contribution in [0.15, 0.2) is 36.4 Å². The van der Waals surface area contributed by atoms with Crippen LogP contribution >= 0.6 is 11.6 Å². The number of rotatable bonds is 3. The maximum absolute atomic E-state index is 13.3. The third-order valence-electron chi connectivity index (χ3n) is 3.16. The minimum absolute atomic E-state index is 0.138. The maximum atomic E-state index is 13.3. The fraction of sp³-hybridized carbons (Fsp3) is 0.133. The van der Waals surface area contributed by atoms with Gasteiger partial charge in [0.2, 0.25) is 0 Å². The second kappa shape index (κ2) is 5.35. The van der Waals surface area contributed by atoms with Crippen molar-refractivity contribution in [1.82, 2.24) is 9.55 Å². The molecule has 0 aliphatic rings. The average molecular weight is 307 g/mol. The molecule has 6 heteroatoms. The molecule has 108 valence electrons. The predicted octanol–water partition coefficient (Wildman–Crippen LogP) is 3.65. The van der Waals surface area contributed by atoms with Crippen molar-refractivity contribution in [3.8, 4) is 11.5 Å². The van der Waals surface area contributed by atoms with Gasteiger partial charge in [0, 0.05) is 24.2 Å². The summed E-state index contributed by atoms with van der Waals surface area (Å²) in [6.45, 7) is -0.138. The van der Waals surface area contributed by atoms with Crippen LogP contribution in [0, 0.1) is 5.82 Å². The summed E-state index contributed by atoms with van der Waals surface area (Å²) in [5.41, 5.74) is 1.57. The van der Waals surface area contributed by atoms with Gasteiger partial charge in [0.05, 0.1) is 11.0 Å². The zero-order valence-corrected chi connectivity index (χ0v) is 11.9. The molecule has 2 aromatic carbocycles. The van der Waals surface area contributed by atoms with Crippen molar-refractivity contribution in [2.24, 2.45) is 7.05 Å². The van der Waals surface area contributed by atoms with Crippen molar-refractivity contribution in [3.63, 3.8) is 0 Å². The van der Waals surface area contributed by atoms with E-state index in [0.717, 1.165) is 11.0 Å². The lowest BCUT2D eigenvalue weighted by Gasteiger charge is -2.07. The van der Waals surface area contributed by atoms with Crippen LogP contribution in [0.1, 0.15) is 5.82 Å². The number of fused-ring (bicyclic) bond motifs is 1. The van der Waals surface area contributed by atoms with Crippen LogP contribution in [0.4, 0.5) is 4.39 Å².